The SMILES string of the molecule is Cc1c(NCC2(C)CCCO2)cc(N)cc1S(N)(=O)=O. The lowest BCUT2D eigenvalue weighted by Gasteiger charge is -2.25. The minimum absolute atomic E-state index is 0.0532. The van der Waals surface area contributed by atoms with Gasteiger partial charge in [0, 0.05) is 24.5 Å². The average molecular weight is 299 g/mol. The average Bonchev–Trinajstić information content (AvgIpc) is 2.76. The molecular weight excluding hydrogens is 278 g/mol. The van der Waals surface area contributed by atoms with Crippen LogP contribution in [0.5, 0.6) is 0 Å². The molecule has 6 nitrogen and oxygen atoms in total. The molecule has 0 spiro atoms. The van der Waals surface area contributed by atoms with Gasteiger partial charge in [-0.25, -0.2) is 13.6 Å². The van der Waals surface area contributed by atoms with Crippen LogP contribution in [0.1, 0.15) is 25.3 Å². The van der Waals surface area contributed by atoms with Gasteiger partial charge in [-0.2, -0.15) is 0 Å². The van der Waals surface area contributed by atoms with Crippen molar-refractivity contribution in [3.05, 3.63) is 17.7 Å². The van der Waals surface area contributed by atoms with Crippen LogP contribution < -0.4 is 16.2 Å². The second-order valence-electron chi connectivity index (χ2n) is 5.49. The van der Waals surface area contributed by atoms with Gasteiger partial charge in [0.15, 0.2) is 0 Å². The third kappa shape index (κ3) is 3.23. The predicted molar refractivity (Wildman–Crippen MR) is 79.0 cm³/mol. The van der Waals surface area contributed by atoms with Crippen LogP contribution in [0.4, 0.5) is 11.4 Å². The lowest BCUT2D eigenvalue weighted by molar-refractivity contribution is 0.0315. The number of hydrogen-bond acceptors (Lipinski definition) is 5. The molecule has 1 atom stereocenters. The number of benzene rings is 1. The first-order chi connectivity index (χ1) is 9.21. The molecule has 1 fully saturated rings. The van der Waals surface area contributed by atoms with E-state index in [-0.39, 0.29) is 10.5 Å². The van der Waals surface area contributed by atoms with Gasteiger partial charge in [-0.1, -0.05) is 0 Å². The molecule has 1 aromatic carbocycles. The first-order valence-corrected chi connectivity index (χ1v) is 8.07. The molecule has 0 aromatic heterocycles. The Morgan fingerprint density at radius 2 is 2.15 bits per heavy atom. The van der Waals surface area contributed by atoms with Crippen molar-refractivity contribution in [3.8, 4) is 0 Å². The van der Waals surface area contributed by atoms with Crippen LogP contribution in [0.25, 0.3) is 0 Å². The zero-order chi connectivity index (χ0) is 15.0. The third-order valence-corrected chi connectivity index (χ3v) is 4.68. The van der Waals surface area contributed by atoms with Crippen LogP contribution >= 0.6 is 0 Å². The number of primary sulfonamides is 1. The smallest absolute Gasteiger partial charge is 0.238 e. The molecule has 5 N–H and O–H groups in total. The Morgan fingerprint density at radius 1 is 1.45 bits per heavy atom. The normalized spacial score (nSPS) is 22.9. The molecule has 0 aliphatic carbocycles. The molecule has 1 saturated heterocycles. The van der Waals surface area contributed by atoms with E-state index in [1.807, 2.05) is 6.92 Å². The molecule has 2 rings (SSSR count). The summed E-state index contributed by atoms with van der Waals surface area (Å²) in [6.45, 7) is 5.10. The van der Waals surface area contributed by atoms with Crippen LogP contribution in [0.3, 0.4) is 0 Å². The van der Waals surface area contributed by atoms with Crippen molar-refractivity contribution in [1.29, 1.82) is 0 Å². The highest BCUT2D eigenvalue weighted by Gasteiger charge is 2.29. The predicted octanol–water partition coefficient (Wildman–Crippen LogP) is 1.21. The van der Waals surface area contributed by atoms with Crippen molar-refractivity contribution in [2.75, 3.05) is 24.2 Å². The standard InChI is InChI=1S/C13H21N3O3S/c1-9-11(16-8-13(2)4-3-5-19-13)6-10(14)7-12(9)20(15,17)18/h6-7,16H,3-5,8,14H2,1-2H3,(H2,15,17,18). The van der Waals surface area contributed by atoms with E-state index in [2.05, 4.69) is 5.32 Å². The van der Waals surface area contributed by atoms with E-state index in [9.17, 15) is 8.42 Å². The first kappa shape index (κ1) is 15.1. The van der Waals surface area contributed by atoms with Crippen molar-refractivity contribution < 1.29 is 13.2 Å². The Kier molecular flexibility index (Phi) is 3.95. The Bertz CT molecular complexity index is 608. The Balaban J connectivity index is 2.26. The fraction of sp³-hybridized carbons (Fsp3) is 0.538. The van der Waals surface area contributed by atoms with E-state index in [4.69, 9.17) is 15.6 Å². The topological polar surface area (TPSA) is 107 Å². The maximum atomic E-state index is 11.6. The summed E-state index contributed by atoms with van der Waals surface area (Å²) in [4.78, 5) is 0.0532. The minimum atomic E-state index is -3.78. The van der Waals surface area contributed by atoms with E-state index in [0.717, 1.165) is 19.4 Å². The van der Waals surface area contributed by atoms with E-state index >= 15 is 0 Å². The van der Waals surface area contributed by atoms with Crippen LogP contribution in [0, 0.1) is 6.92 Å². The molecule has 1 heterocycles. The maximum absolute atomic E-state index is 11.6. The lowest BCUT2D eigenvalue weighted by atomic mass is 10.0. The zero-order valence-corrected chi connectivity index (χ0v) is 12.6. The molecule has 7 heteroatoms. The summed E-state index contributed by atoms with van der Waals surface area (Å²) in [6, 6.07) is 3.09. The number of nitrogen functional groups attached to an aromatic ring is 1. The molecule has 0 amide bonds. The van der Waals surface area contributed by atoms with E-state index in [1.54, 1.807) is 13.0 Å². The Morgan fingerprint density at radius 3 is 2.70 bits per heavy atom. The molecule has 20 heavy (non-hydrogen) atoms. The summed E-state index contributed by atoms with van der Waals surface area (Å²) in [6.07, 6.45) is 2.01. The second kappa shape index (κ2) is 5.23. The molecule has 1 aliphatic rings. The number of nitrogens with one attached hydrogen (secondary N) is 1. The zero-order valence-electron chi connectivity index (χ0n) is 11.8. The summed E-state index contributed by atoms with van der Waals surface area (Å²) >= 11 is 0. The van der Waals surface area contributed by atoms with Crippen molar-refractivity contribution in [1.82, 2.24) is 0 Å². The summed E-state index contributed by atoms with van der Waals surface area (Å²) in [5, 5.41) is 8.43. The molecular formula is C13H21N3O3S. The first-order valence-electron chi connectivity index (χ1n) is 6.52. The summed E-state index contributed by atoms with van der Waals surface area (Å²) in [5.74, 6) is 0. The van der Waals surface area contributed by atoms with Crippen LogP contribution in [-0.4, -0.2) is 27.2 Å². The molecule has 112 valence electrons. The number of sulfonamides is 1. The van der Waals surface area contributed by atoms with Crippen molar-refractivity contribution >= 4 is 21.4 Å². The lowest BCUT2D eigenvalue weighted by Crippen LogP contribution is -2.32. The third-order valence-electron chi connectivity index (χ3n) is 3.64. The van der Waals surface area contributed by atoms with Crippen LogP contribution in [0.2, 0.25) is 0 Å². The highest BCUT2D eigenvalue weighted by atomic mass is 32.2. The van der Waals surface area contributed by atoms with Crippen LogP contribution in [0.15, 0.2) is 17.0 Å². The summed E-state index contributed by atoms with van der Waals surface area (Å²) in [5.41, 5.74) is 7.13. The van der Waals surface area contributed by atoms with Crippen molar-refractivity contribution in [2.24, 2.45) is 5.14 Å². The van der Waals surface area contributed by atoms with Gasteiger partial charge >= 0.3 is 0 Å². The maximum Gasteiger partial charge on any atom is 0.238 e. The fourth-order valence-electron chi connectivity index (χ4n) is 2.45. The monoisotopic (exact) mass is 299 g/mol. The molecule has 1 unspecified atom stereocenters. The number of anilines is 2. The summed E-state index contributed by atoms with van der Waals surface area (Å²) in [7, 11) is -3.78. The Hall–Kier alpha value is -1.31. The van der Waals surface area contributed by atoms with E-state index in [0.29, 0.717) is 23.5 Å². The van der Waals surface area contributed by atoms with Gasteiger partial charge in [0.2, 0.25) is 10.0 Å². The van der Waals surface area contributed by atoms with Gasteiger partial charge in [-0.15, -0.1) is 0 Å². The van der Waals surface area contributed by atoms with Crippen molar-refractivity contribution in [2.45, 2.75) is 37.2 Å². The van der Waals surface area contributed by atoms with Gasteiger partial charge in [-0.3, -0.25) is 0 Å². The molecule has 0 radical (unpaired) electrons. The van der Waals surface area contributed by atoms with Crippen molar-refractivity contribution in [3.63, 3.8) is 0 Å². The number of hydrogen-bond donors (Lipinski definition) is 3. The van der Waals surface area contributed by atoms with Gasteiger partial charge in [-0.05, 0) is 44.4 Å². The molecule has 1 aromatic rings. The second-order valence-corrected chi connectivity index (χ2v) is 7.02. The van der Waals surface area contributed by atoms with Gasteiger partial charge in [0.1, 0.15) is 0 Å². The highest BCUT2D eigenvalue weighted by molar-refractivity contribution is 7.89. The largest absolute Gasteiger partial charge is 0.399 e. The number of ether oxygens (including phenoxy) is 1. The highest BCUT2D eigenvalue weighted by Crippen LogP contribution is 2.29. The Labute approximate surface area is 119 Å². The van der Waals surface area contributed by atoms with E-state index in [1.165, 1.54) is 6.07 Å². The van der Waals surface area contributed by atoms with Gasteiger partial charge < -0.3 is 15.8 Å². The van der Waals surface area contributed by atoms with Gasteiger partial charge in [0.25, 0.3) is 0 Å². The quantitative estimate of drug-likeness (QED) is 0.724. The number of rotatable bonds is 4. The molecule has 0 bridgehead atoms. The van der Waals surface area contributed by atoms with E-state index < -0.39 is 10.0 Å². The van der Waals surface area contributed by atoms with Crippen LogP contribution in [-0.2, 0) is 14.8 Å². The summed E-state index contributed by atoms with van der Waals surface area (Å²) < 4.78 is 28.8. The fourth-order valence-corrected chi connectivity index (χ4v) is 3.28. The molecule has 0 saturated carbocycles. The number of nitrogens with two attached hydrogens (primary N) is 2. The van der Waals surface area contributed by atoms with Gasteiger partial charge in [0.05, 0.1) is 10.5 Å². The minimum Gasteiger partial charge on any atom is -0.399 e. The molecule has 1 aliphatic heterocycles.